The molecule has 0 heterocycles. The Bertz CT molecular complexity index is 6.00. The fraction of sp³-hybridized carbons (Fsp3) is 0. The van der Waals surface area contributed by atoms with Crippen LogP contribution in [0.5, 0.6) is 0 Å². The molecule has 2 atom stereocenters. The summed E-state index contributed by atoms with van der Waals surface area (Å²) in [4.78, 5) is 0. The molecular weight excluding hydrogens is 132 g/mol. The van der Waals surface area contributed by atoms with E-state index >= 15 is 0 Å². The summed E-state index contributed by atoms with van der Waals surface area (Å²) in [5.41, 5.74) is 0. The monoisotopic (exact) mass is 135 g/mol. The Hall–Kier alpha value is 1.37. The summed E-state index contributed by atoms with van der Waals surface area (Å²) < 4.78 is 10.3. The van der Waals surface area contributed by atoms with Crippen molar-refractivity contribution in [3.63, 3.8) is 0 Å². The van der Waals surface area contributed by atoms with Gasteiger partial charge in [-0.2, -0.15) is 0 Å². The van der Waals surface area contributed by atoms with Crippen molar-refractivity contribution in [1.29, 1.82) is 0 Å². The van der Waals surface area contributed by atoms with Crippen molar-refractivity contribution < 1.29 is 22.8 Å². The number of rotatable bonds is 0. The van der Waals surface area contributed by atoms with Crippen LogP contribution in [0.1, 0.15) is 0 Å². The van der Waals surface area contributed by atoms with Gasteiger partial charge in [-0.05, 0) is 0 Å². The number of hydrogen-bond acceptors (Lipinski definition) is 0. The minimum atomic E-state index is -0.500. The SMILES string of the molecule is FPP.[V]. The molecule has 0 aliphatic carbocycles. The number of halogens is 1. The van der Waals surface area contributed by atoms with E-state index in [2.05, 4.69) is 0 Å². The molecule has 0 aliphatic heterocycles. The molecule has 0 aromatic carbocycles. The van der Waals surface area contributed by atoms with Gasteiger partial charge in [0.1, 0.15) is 0 Å². The summed E-state index contributed by atoms with van der Waals surface area (Å²) in [6, 6.07) is 0. The third kappa shape index (κ3) is 10.1. The van der Waals surface area contributed by atoms with Crippen LogP contribution in [-0.4, -0.2) is 0 Å². The predicted octanol–water partition coefficient (Wildman–Crippen LogP) is 1.34. The molecule has 25 valence electrons. The van der Waals surface area contributed by atoms with Gasteiger partial charge in [0.2, 0.25) is 0 Å². The standard InChI is InChI=1S/FH3P2.V/c1-3-2;/h3H,2H2;. The van der Waals surface area contributed by atoms with E-state index in [0.717, 1.165) is 0 Å². The van der Waals surface area contributed by atoms with Gasteiger partial charge in [0.25, 0.3) is 0 Å². The summed E-state index contributed by atoms with van der Waals surface area (Å²) in [6.07, 6.45) is 0. The predicted molar refractivity (Wildman–Crippen MR) is 19.1 cm³/mol. The van der Waals surface area contributed by atoms with Crippen LogP contribution in [0.15, 0.2) is 0 Å². The normalized spacial score (nSPS) is 7.50. The van der Waals surface area contributed by atoms with Gasteiger partial charge in [-0.1, -0.05) is 8.93 Å². The second-order valence-electron chi connectivity index (χ2n) is 0.109. The van der Waals surface area contributed by atoms with Crippen LogP contribution in [0.3, 0.4) is 0 Å². The van der Waals surface area contributed by atoms with Crippen LogP contribution in [0.2, 0.25) is 0 Å². The van der Waals surface area contributed by atoms with E-state index in [9.17, 15) is 4.20 Å². The van der Waals surface area contributed by atoms with Crippen molar-refractivity contribution in [2.24, 2.45) is 0 Å². The Balaban J connectivity index is 0. The van der Waals surface area contributed by atoms with Crippen LogP contribution >= 0.6 is 17.5 Å². The summed E-state index contributed by atoms with van der Waals surface area (Å²) in [5, 5.41) is 0. The number of hydrogen-bond donors (Lipinski definition) is 0. The van der Waals surface area contributed by atoms with Crippen LogP contribution in [0.25, 0.3) is 0 Å². The van der Waals surface area contributed by atoms with Crippen molar-refractivity contribution in [2.45, 2.75) is 0 Å². The molecule has 0 N–H and O–H groups in total. The zero-order chi connectivity index (χ0) is 2.71. The quantitative estimate of drug-likeness (QED) is 0.439. The van der Waals surface area contributed by atoms with Crippen LogP contribution < -0.4 is 0 Å². The molecule has 0 amide bonds. The average Bonchev–Trinajstić information content (AvgIpc) is 0.918. The molecular formula is H3FP2V. The van der Waals surface area contributed by atoms with Crippen molar-refractivity contribution >= 4 is 17.5 Å². The molecule has 0 bridgehead atoms. The largest absolute Gasteiger partial charge is 0.226 e. The van der Waals surface area contributed by atoms with E-state index in [0.29, 0.717) is 0 Å². The molecule has 0 saturated heterocycles. The first-order valence-corrected chi connectivity index (χ1v) is 3.17. The Kier molecular flexibility index (Phi) is 19.9. The van der Waals surface area contributed by atoms with E-state index in [1.807, 2.05) is 8.93 Å². The van der Waals surface area contributed by atoms with E-state index in [4.69, 9.17) is 0 Å². The summed E-state index contributed by atoms with van der Waals surface area (Å²) >= 11 is 0. The van der Waals surface area contributed by atoms with Crippen molar-refractivity contribution in [2.75, 3.05) is 0 Å². The Morgan fingerprint density at radius 1 is 1.75 bits per heavy atom. The molecule has 0 saturated carbocycles. The zero-order valence-corrected chi connectivity index (χ0v) is 5.45. The molecule has 0 rings (SSSR count). The van der Waals surface area contributed by atoms with Gasteiger partial charge in [-0.15, -0.1) is 0 Å². The van der Waals surface area contributed by atoms with Gasteiger partial charge >= 0.3 is 0 Å². The molecule has 0 nitrogen and oxygen atoms in total. The summed E-state index contributed by atoms with van der Waals surface area (Å²) in [6.45, 7) is 0. The van der Waals surface area contributed by atoms with E-state index < -0.39 is 8.58 Å². The van der Waals surface area contributed by atoms with Crippen LogP contribution in [0.4, 0.5) is 4.20 Å². The first-order valence-electron chi connectivity index (χ1n) is 0.478. The van der Waals surface area contributed by atoms with Gasteiger partial charge in [-0.3, -0.25) is 0 Å². The maximum atomic E-state index is 10.3. The van der Waals surface area contributed by atoms with Gasteiger partial charge < -0.3 is 0 Å². The van der Waals surface area contributed by atoms with E-state index in [1.165, 1.54) is 0 Å². The molecule has 0 aromatic rings. The average molecular weight is 135 g/mol. The van der Waals surface area contributed by atoms with E-state index in [-0.39, 0.29) is 18.6 Å². The first-order chi connectivity index (χ1) is 1.41. The minimum Gasteiger partial charge on any atom is -0.226 e. The van der Waals surface area contributed by atoms with Crippen molar-refractivity contribution in [1.82, 2.24) is 0 Å². The third-order valence-corrected chi connectivity index (χ3v) is 0. The Morgan fingerprint density at radius 3 is 1.75 bits per heavy atom. The molecule has 4 heavy (non-hydrogen) atoms. The van der Waals surface area contributed by atoms with Crippen LogP contribution in [0, 0.1) is 0 Å². The zero-order valence-electron chi connectivity index (χ0n) is 1.90. The molecule has 1 radical (unpaired) electrons. The van der Waals surface area contributed by atoms with E-state index in [1.54, 1.807) is 0 Å². The summed E-state index contributed by atoms with van der Waals surface area (Å²) in [5.74, 6) is 0. The maximum absolute atomic E-state index is 10.3. The molecule has 2 unspecified atom stereocenters. The molecule has 4 heteroatoms. The topological polar surface area (TPSA) is 0 Å². The van der Waals surface area contributed by atoms with Crippen LogP contribution in [-0.2, 0) is 18.6 Å². The van der Waals surface area contributed by atoms with Crippen molar-refractivity contribution in [3.05, 3.63) is 0 Å². The second kappa shape index (κ2) is 8.83. The van der Waals surface area contributed by atoms with Crippen molar-refractivity contribution in [3.8, 4) is 0 Å². The smallest absolute Gasteiger partial charge is 0.0846 e. The molecule has 0 spiro atoms. The molecule has 0 aromatic heterocycles. The second-order valence-corrected chi connectivity index (χ2v) is 0.982. The Morgan fingerprint density at radius 2 is 1.75 bits per heavy atom. The van der Waals surface area contributed by atoms with Gasteiger partial charge in [0.05, 0.1) is 8.58 Å². The van der Waals surface area contributed by atoms with Gasteiger partial charge in [-0.25, -0.2) is 4.20 Å². The fourth-order valence-corrected chi connectivity index (χ4v) is 0. The third-order valence-electron chi connectivity index (χ3n) is 0. The molecule has 0 aliphatic rings. The first kappa shape index (κ1) is 9.03. The Labute approximate surface area is 40.8 Å². The fourth-order valence-electron chi connectivity index (χ4n) is 0. The minimum absolute atomic E-state index is 0. The molecule has 0 fully saturated rings. The maximum Gasteiger partial charge on any atom is 0.0846 e. The van der Waals surface area contributed by atoms with Gasteiger partial charge in [0.15, 0.2) is 0 Å². The summed E-state index contributed by atoms with van der Waals surface area (Å²) in [7, 11) is 1.44. The van der Waals surface area contributed by atoms with Gasteiger partial charge in [0, 0.05) is 18.6 Å².